The van der Waals surface area contributed by atoms with Crippen LogP contribution in [0.5, 0.6) is 0 Å². The monoisotopic (exact) mass is 161 g/mol. The van der Waals surface area contributed by atoms with Gasteiger partial charge in [-0.2, -0.15) is 12.6 Å². The normalized spacial score (nSPS) is 12.8. The highest BCUT2D eigenvalue weighted by atomic mass is 32.1. The van der Waals surface area contributed by atoms with Crippen molar-refractivity contribution in [3.8, 4) is 0 Å². The lowest BCUT2D eigenvalue weighted by molar-refractivity contribution is -0.129. The molecule has 0 heterocycles. The van der Waals surface area contributed by atoms with E-state index in [9.17, 15) is 4.79 Å². The van der Waals surface area contributed by atoms with Gasteiger partial charge in [0.2, 0.25) is 5.91 Å². The Morgan fingerprint density at radius 2 is 1.90 bits per heavy atom. The summed E-state index contributed by atoms with van der Waals surface area (Å²) in [5.74, 6) is 0.119. The van der Waals surface area contributed by atoms with Gasteiger partial charge in [-0.3, -0.25) is 4.79 Å². The first kappa shape index (κ1) is 9.82. The predicted molar refractivity (Wildman–Crippen MR) is 46.4 cm³/mol. The Morgan fingerprint density at radius 3 is 2.00 bits per heavy atom. The summed E-state index contributed by atoms with van der Waals surface area (Å²) in [6, 6.07) is 0. The van der Waals surface area contributed by atoms with Crippen LogP contribution in [0.2, 0.25) is 0 Å². The Labute approximate surface area is 68.0 Å². The average molecular weight is 161 g/mol. The van der Waals surface area contributed by atoms with E-state index in [4.69, 9.17) is 0 Å². The van der Waals surface area contributed by atoms with E-state index >= 15 is 0 Å². The van der Waals surface area contributed by atoms with Gasteiger partial charge in [-0.25, -0.2) is 0 Å². The number of hydrogen-bond acceptors (Lipinski definition) is 2. The third kappa shape index (κ3) is 2.60. The molecule has 0 aromatic rings. The lowest BCUT2D eigenvalue weighted by atomic mass is 10.4. The first-order valence-corrected chi connectivity index (χ1v) is 4.12. The van der Waals surface area contributed by atoms with E-state index in [1.54, 1.807) is 11.8 Å². The van der Waals surface area contributed by atoms with E-state index in [0.717, 1.165) is 13.1 Å². The summed E-state index contributed by atoms with van der Waals surface area (Å²) < 4.78 is 0. The van der Waals surface area contributed by atoms with Crippen LogP contribution in [-0.4, -0.2) is 29.1 Å². The number of thiol groups is 1. The summed E-state index contributed by atoms with van der Waals surface area (Å²) in [6.45, 7) is 7.29. The van der Waals surface area contributed by atoms with Gasteiger partial charge in [-0.15, -0.1) is 0 Å². The SMILES string of the molecule is CCN(CC)C(=O)[C@@H](C)S. The van der Waals surface area contributed by atoms with Crippen molar-refractivity contribution in [1.29, 1.82) is 0 Å². The van der Waals surface area contributed by atoms with Crippen molar-refractivity contribution in [2.24, 2.45) is 0 Å². The summed E-state index contributed by atoms with van der Waals surface area (Å²) in [5.41, 5.74) is 0. The molecule has 0 aliphatic carbocycles. The van der Waals surface area contributed by atoms with Crippen LogP contribution in [0.3, 0.4) is 0 Å². The fourth-order valence-corrected chi connectivity index (χ4v) is 0.963. The van der Waals surface area contributed by atoms with Crippen LogP contribution < -0.4 is 0 Å². The number of carbonyl (C=O) groups excluding carboxylic acids is 1. The Morgan fingerprint density at radius 1 is 1.50 bits per heavy atom. The number of hydrogen-bond donors (Lipinski definition) is 1. The second kappa shape index (κ2) is 4.61. The first-order chi connectivity index (χ1) is 4.63. The second-order valence-corrected chi connectivity index (χ2v) is 2.96. The molecule has 0 rings (SSSR count). The summed E-state index contributed by atoms with van der Waals surface area (Å²) in [7, 11) is 0. The smallest absolute Gasteiger partial charge is 0.235 e. The highest BCUT2D eigenvalue weighted by Gasteiger charge is 2.13. The molecule has 60 valence electrons. The van der Waals surface area contributed by atoms with Gasteiger partial charge in [0.25, 0.3) is 0 Å². The average Bonchev–Trinajstić information content (AvgIpc) is 1.90. The van der Waals surface area contributed by atoms with Crippen molar-refractivity contribution in [2.45, 2.75) is 26.0 Å². The fraction of sp³-hybridized carbons (Fsp3) is 0.857. The Bertz CT molecular complexity index is 110. The molecule has 10 heavy (non-hydrogen) atoms. The third-order valence-electron chi connectivity index (χ3n) is 1.43. The number of amides is 1. The van der Waals surface area contributed by atoms with Crippen LogP contribution in [0.4, 0.5) is 0 Å². The molecule has 0 spiro atoms. The number of nitrogens with zero attached hydrogens (tertiary/aromatic N) is 1. The van der Waals surface area contributed by atoms with Gasteiger partial charge >= 0.3 is 0 Å². The van der Waals surface area contributed by atoms with Gasteiger partial charge < -0.3 is 4.90 Å². The molecule has 0 aliphatic heterocycles. The predicted octanol–water partition coefficient (Wildman–Crippen LogP) is 1.17. The van der Waals surface area contributed by atoms with E-state index in [2.05, 4.69) is 12.6 Å². The molecule has 2 nitrogen and oxygen atoms in total. The van der Waals surface area contributed by atoms with Crippen molar-refractivity contribution < 1.29 is 4.79 Å². The molecule has 0 radical (unpaired) electrons. The molecule has 3 heteroatoms. The van der Waals surface area contributed by atoms with Crippen molar-refractivity contribution in [2.75, 3.05) is 13.1 Å². The highest BCUT2D eigenvalue weighted by Crippen LogP contribution is 1.99. The lowest BCUT2D eigenvalue weighted by Crippen LogP contribution is -2.35. The van der Waals surface area contributed by atoms with Gasteiger partial charge in [0.1, 0.15) is 0 Å². The topological polar surface area (TPSA) is 20.3 Å². The maximum Gasteiger partial charge on any atom is 0.235 e. The van der Waals surface area contributed by atoms with E-state index in [1.165, 1.54) is 0 Å². The van der Waals surface area contributed by atoms with Crippen LogP contribution in [0.25, 0.3) is 0 Å². The van der Waals surface area contributed by atoms with E-state index in [-0.39, 0.29) is 11.2 Å². The molecule has 0 fully saturated rings. The minimum atomic E-state index is -0.167. The summed E-state index contributed by atoms with van der Waals surface area (Å²) in [5, 5.41) is -0.167. The molecule has 0 unspecified atom stereocenters. The molecular weight excluding hydrogens is 146 g/mol. The third-order valence-corrected chi connectivity index (χ3v) is 1.65. The quantitative estimate of drug-likeness (QED) is 0.616. The van der Waals surface area contributed by atoms with Crippen molar-refractivity contribution in [1.82, 2.24) is 4.90 Å². The standard InChI is InChI=1S/C7H15NOS/c1-4-8(5-2)7(9)6(3)10/h6,10H,4-5H2,1-3H3/t6-/m1/s1. The molecule has 0 aliphatic rings. The Hall–Kier alpha value is -0.180. The molecule has 0 aromatic carbocycles. The van der Waals surface area contributed by atoms with Crippen molar-refractivity contribution in [3.63, 3.8) is 0 Å². The molecular formula is C7H15NOS. The van der Waals surface area contributed by atoms with Gasteiger partial charge in [-0.05, 0) is 20.8 Å². The zero-order chi connectivity index (χ0) is 8.15. The highest BCUT2D eigenvalue weighted by molar-refractivity contribution is 7.81. The van der Waals surface area contributed by atoms with Gasteiger partial charge in [0.15, 0.2) is 0 Å². The fourth-order valence-electron chi connectivity index (χ4n) is 0.800. The summed E-state index contributed by atoms with van der Waals surface area (Å²) in [4.78, 5) is 12.9. The lowest BCUT2D eigenvalue weighted by Gasteiger charge is -2.19. The number of carbonyl (C=O) groups is 1. The largest absolute Gasteiger partial charge is 0.342 e. The zero-order valence-corrected chi connectivity index (χ0v) is 7.69. The summed E-state index contributed by atoms with van der Waals surface area (Å²) in [6.07, 6.45) is 0. The zero-order valence-electron chi connectivity index (χ0n) is 6.79. The van der Waals surface area contributed by atoms with Gasteiger partial charge in [-0.1, -0.05) is 0 Å². The molecule has 1 atom stereocenters. The van der Waals surface area contributed by atoms with E-state index in [0.29, 0.717) is 0 Å². The van der Waals surface area contributed by atoms with Crippen LogP contribution in [-0.2, 0) is 4.79 Å². The molecule has 0 aromatic heterocycles. The van der Waals surface area contributed by atoms with Crippen LogP contribution >= 0.6 is 12.6 Å². The maximum atomic E-state index is 11.2. The van der Waals surface area contributed by atoms with Crippen molar-refractivity contribution >= 4 is 18.5 Å². The number of rotatable bonds is 3. The molecule has 0 bridgehead atoms. The Balaban J connectivity index is 3.89. The van der Waals surface area contributed by atoms with Crippen molar-refractivity contribution in [3.05, 3.63) is 0 Å². The maximum absolute atomic E-state index is 11.2. The minimum absolute atomic E-state index is 0.119. The Kier molecular flexibility index (Phi) is 4.52. The van der Waals surface area contributed by atoms with Gasteiger partial charge in [0.05, 0.1) is 5.25 Å². The molecule has 0 saturated carbocycles. The second-order valence-electron chi connectivity index (χ2n) is 2.19. The van der Waals surface area contributed by atoms with Crippen LogP contribution in [0, 0.1) is 0 Å². The molecule has 0 saturated heterocycles. The summed E-state index contributed by atoms with van der Waals surface area (Å²) >= 11 is 4.05. The van der Waals surface area contributed by atoms with Crippen LogP contribution in [0.15, 0.2) is 0 Å². The van der Waals surface area contributed by atoms with Gasteiger partial charge in [0, 0.05) is 13.1 Å². The first-order valence-electron chi connectivity index (χ1n) is 3.60. The molecule has 0 N–H and O–H groups in total. The molecule has 1 amide bonds. The van der Waals surface area contributed by atoms with E-state index in [1.807, 2.05) is 13.8 Å². The minimum Gasteiger partial charge on any atom is -0.342 e. The van der Waals surface area contributed by atoms with Crippen LogP contribution in [0.1, 0.15) is 20.8 Å². The van der Waals surface area contributed by atoms with E-state index < -0.39 is 0 Å².